The predicted molar refractivity (Wildman–Crippen MR) is 184 cm³/mol. The summed E-state index contributed by atoms with van der Waals surface area (Å²) in [6, 6.07) is 14.1. The van der Waals surface area contributed by atoms with E-state index < -0.39 is 0 Å². The molecule has 0 radical (unpaired) electrons. The first-order chi connectivity index (χ1) is 20.3. The molecule has 0 saturated heterocycles. The Labute approximate surface area is 254 Å². The second-order valence-electron chi connectivity index (χ2n) is 12.1. The lowest BCUT2D eigenvalue weighted by molar-refractivity contribution is 0.295. The van der Waals surface area contributed by atoms with Crippen LogP contribution in [0, 0.1) is 13.8 Å². The zero-order valence-corrected chi connectivity index (χ0v) is 27.5. The standard InChI is InChI=1S/C36H54N6/c1-9-41(10-2)21-13-15-25(5)37-33-23-27(7)39-35-29-18-20-32-34(38-26(6)16-14-22-42(11-3)12-4)24-28(8)40-36(32)30(29)17-19-31(33)35/h17-20,23-26H,9-16,21-22H2,1-8H3,(H,37,39)(H,38,40)/t25-,26+. The van der Waals surface area contributed by atoms with Gasteiger partial charge in [0.05, 0.1) is 11.0 Å². The Morgan fingerprint density at radius 1 is 0.595 bits per heavy atom. The van der Waals surface area contributed by atoms with Gasteiger partial charge in [-0.2, -0.15) is 0 Å². The lowest BCUT2D eigenvalue weighted by Gasteiger charge is -2.22. The number of anilines is 2. The SMILES string of the molecule is CCN(CC)CCC[C@@H](C)Nc1cc(C)nc2c1ccc1c2ccc2c(N[C@@H](C)CCCN(CC)CC)cc(C)nc21. The van der Waals surface area contributed by atoms with Gasteiger partial charge in [0.2, 0.25) is 0 Å². The Balaban J connectivity index is 1.60. The molecule has 2 aromatic heterocycles. The van der Waals surface area contributed by atoms with Gasteiger partial charge in [-0.15, -0.1) is 0 Å². The summed E-state index contributed by atoms with van der Waals surface area (Å²) in [7, 11) is 0. The first kappa shape index (κ1) is 32.0. The summed E-state index contributed by atoms with van der Waals surface area (Å²) in [6.07, 6.45) is 4.68. The van der Waals surface area contributed by atoms with Crippen LogP contribution in [0.4, 0.5) is 11.4 Å². The Morgan fingerprint density at radius 3 is 1.31 bits per heavy atom. The van der Waals surface area contributed by atoms with Gasteiger partial charge >= 0.3 is 0 Å². The van der Waals surface area contributed by atoms with Crippen LogP contribution in [0.15, 0.2) is 36.4 Å². The molecule has 0 aliphatic heterocycles. The molecule has 228 valence electrons. The summed E-state index contributed by atoms with van der Waals surface area (Å²) in [5.74, 6) is 0. The number of pyridine rings is 2. The lowest BCUT2D eigenvalue weighted by atomic mass is 10.00. The van der Waals surface area contributed by atoms with Gasteiger partial charge in [-0.1, -0.05) is 52.0 Å². The molecule has 0 aliphatic carbocycles. The quantitative estimate of drug-likeness (QED) is 0.132. The number of fused-ring (bicyclic) bond motifs is 5. The number of rotatable bonds is 16. The van der Waals surface area contributed by atoms with Crippen LogP contribution in [0.25, 0.3) is 32.6 Å². The normalized spacial score (nSPS) is 13.5. The summed E-state index contributed by atoms with van der Waals surface area (Å²) in [5, 5.41) is 12.3. The highest BCUT2D eigenvalue weighted by atomic mass is 15.1. The molecule has 6 heteroatoms. The highest BCUT2D eigenvalue weighted by molar-refractivity contribution is 6.18. The maximum absolute atomic E-state index is 5.05. The van der Waals surface area contributed by atoms with Crippen LogP contribution in [0.5, 0.6) is 0 Å². The molecule has 0 bridgehead atoms. The van der Waals surface area contributed by atoms with Crippen LogP contribution in [-0.4, -0.2) is 71.1 Å². The number of benzene rings is 2. The number of aromatic nitrogens is 2. The van der Waals surface area contributed by atoms with Crippen LogP contribution >= 0.6 is 0 Å². The van der Waals surface area contributed by atoms with E-state index in [0.29, 0.717) is 12.1 Å². The van der Waals surface area contributed by atoms with E-state index in [0.717, 1.165) is 85.3 Å². The molecule has 4 aromatic rings. The monoisotopic (exact) mass is 570 g/mol. The van der Waals surface area contributed by atoms with Crippen LogP contribution in [-0.2, 0) is 0 Å². The van der Waals surface area contributed by atoms with Crippen LogP contribution < -0.4 is 10.6 Å². The van der Waals surface area contributed by atoms with Gasteiger partial charge in [-0.05, 0) is 105 Å². The zero-order chi connectivity index (χ0) is 30.2. The summed E-state index contributed by atoms with van der Waals surface area (Å²) in [6.45, 7) is 24.6. The third-order valence-electron chi connectivity index (χ3n) is 8.82. The Kier molecular flexibility index (Phi) is 11.4. The van der Waals surface area contributed by atoms with Crippen molar-refractivity contribution < 1.29 is 0 Å². The number of nitrogens with one attached hydrogen (secondary N) is 2. The molecule has 0 aliphatic rings. The van der Waals surface area contributed by atoms with Crippen molar-refractivity contribution in [2.24, 2.45) is 0 Å². The largest absolute Gasteiger partial charge is 0.382 e. The Morgan fingerprint density at radius 2 is 0.952 bits per heavy atom. The van der Waals surface area contributed by atoms with Crippen LogP contribution in [0.1, 0.15) is 78.6 Å². The van der Waals surface area contributed by atoms with Gasteiger partial charge < -0.3 is 20.4 Å². The van der Waals surface area contributed by atoms with Gasteiger partial charge in [0.1, 0.15) is 0 Å². The second-order valence-corrected chi connectivity index (χ2v) is 12.1. The molecule has 0 unspecified atom stereocenters. The molecule has 2 aromatic carbocycles. The van der Waals surface area contributed by atoms with Gasteiger partial charge in [0.15, 0.2) is 0 Å². The molecule has 2 atom stereocenters. The number of nitrogens with zero attached hydrogens (tertiary/aromatic N) is 4. The third-order valence-corrected chi connectivity index (χ3v) is 8.82. The van der Waals surface area contributed by atoms with Crippen molar-refractivity contribution in [3.63, 3.8) is 0 Å². The highest BCUT2D eigenvalue weighted by Gasteiger charge is 2.15. The third kappa shape index (κ3) is 7.70. The molecular weight excluding hydrogens is 516 g/mol. The number of aryl methyl sites for hydroxylation is 2. The fourth-order valence-corrected chi connectivity index (χ4v) is 6.28. The maximum Gasteiger partial charge on any atom is 0.0805 e. The van der Waals surface area contributed by atoms with Gasteiger partial charge in [0, 0.05) is 56.4 Å². The number of hydrogen-bond donors (Lipinski definition) is 2. The van der Waals surface area contributed by atoms with Crippen molar-refractivity contribution in [2.75, 3.05) is 49.9 Å². The van der Waals surface area contributed by atoms with E-state index in [2.05, 4.69) is 112 Å². The summed E-state index contributed by atoms with van der Waals surface area (Å²) < 4.78 is 0. The molecule has 42 heavy (non-hydrogen) atoms. The molecular formula is C36H54N6. The fourth-order valence-electron chi connectivity index (χ4n) is 6.28. The summed E-state index contributed by atoms with van der Waals surface area (Å²) in [4.78, 5) is 15.1. The summed E-state index contributed by atoms with van der Waals surface area (Å²) in [5.41, 5.74) is 6.52. The van der Waals surface area contributed by atoms with Crippen molar-refractivity contribution in [3.8, 4) is 0 Å². The van der Waals surface area contributed by atoms with Crippen molar-refractivity contribution in [1.82, 2.24) is 19.8 Å². The molecule has 6 nitrogen and oxygen atoms in total. The molecule has 0 saturated carbocycles. The van der Waals surface area contributed by atoms with E-state index in [1.807, 2.05) is 0 Å². The van der Waals surface area contributed by atoms with Crippen LogP contribution in [0.2, 0.25) is 0 Å². The predicted octanol–water partition coefficient (Wildman–Crippen LogP) is 8.40. The van der Waals surface area contributed by atoms with E-state index in [1.165, 1.54) is 35.0 Å². The van der Waals surface area contributed by atoms with E-state index >= 15 is 0 Å². The Bertz CT molecular complexity index is 1350. The lowest BCUT2D eigenvalue weighted by Crippen LogP contribution is -2.25. The van der Waals surface area contributed by atoms with Gasteiger partial charge in [-0.3, -0.25) is 9.97 Å². The Hall–Kier alpha value is -2.96. The second kappa shape index (κ2) is 15.0. The van der Waals surface area contributed by atoms with Gasteiger partial charge in [-0.25, -0.2) is 0 Å². The smallest absolute Gasteiger partial charge is 0.0805 e. The summed E-state index contributed by atoms with van der Waals surface area (Å²) >= 11 is 0. The average Bonchev–Trinajstić information content (AvgIpc) is 2.97. The minimum absolute atomic E-state index is 0.393. The molecule has 0 fully saturated rings. The first-order valence-corrected chi connectivity index (χ1v) is 16.4. The number of hydrogen-bond acceptors (Lipinski definition) is 6. The van der Waals surface area contributed by atoms with E-state index in [4.69, 9.17) is 9.97 Å². The minimum atomic E-state index is 0.393. The maximum atomic E-state index is 5.05. The molecule has 2 N–H and O–H groups in total. The highest BCUT2D eigenvalue weighted by Crippen LogP contribution is 2.36. The van der Waals surface area contributed by atoms with E-state index in [9.17, 15) is 0 Å². The van der Waals surface area contributed by atoms with Crippen LogP contribution in [0.3, 0.4) is 0 Å². The van der Waals surface area contributed by atoms with Crippen molar-refractivity contribution in [1.29, 1.82) is 0 Å². The zero-order valence-electron chi connectivity index (χ0n) is 27.5. The van der Waals surface area contributed by atoms with E-state index in [1.54, 1.807) is 0 Å². The van der Waals surface area contributed by atoms with Crippen molar-refractivity contribution in [2.45, 2.75) is 93.2 Å². The van der Waals surface area contributed by atoms with Gasteiger partial charge in [0.25, 0.3) is 0 Å². The molecule has 0 amide bonds. The molecule has 2 heterocycles. The average molecular weight is 571 g/mol. The van der Waals surface area contributed by atoms with Crippen molar-refractivity contribution in [3.05, 3.63) is 47.8 Å². The minimum Gasteiger partial charge on any atom is -0.382 e. The molecule has 4 rings (SSSR count). The first-order valence-electron chi connectivity index (χ1n) is 16.4. The fraction of sp³-hybridized carbons (Fsp3) is 0.556. The molecule has 0 spiro atoms. The van der Waals surface area contributed by atoms with Crippen molar-refractivity contribution >= 4 is 44.0 Å². The topological polar surface area (TPSA) is 56.3 Å². The van der Waals surface area contributed by atoms with E-state index in [-0.39, 0.29) is 0 Å².